The van der Waals surface area contributed by atoms with Gasteiger partial charge in [0, 0.05) is 38.0 Å². The second kappa shape index (κ2) is 11.0. The van der Waals surface area contributed by atoms with Crippen LogP contribution in [0.4, 0.5) is 0 Å². The summed E-state index contributed by atoms with van der Waals surface area (Å²) in [6.07, 6.45) is -1.26. The maximum atomic E-state index is 13.1. The molecule has 1 aliphatic heterocycles. The normalized spacial score (nSPS) is 16.4. The molecule has 2 atom stereocenters. The molecule has 198 valence electrons. The molecule has 5 rings (SSSR count). The monoisotopic (exact) mass is 522 g/mol. The number of ether oxygens (including phenoxy) is 6. The van der Waals surface area contributed by atoms with E-state index in [0.29, 0.717) is 22.8 Å². The van der Waals surface area contributed by atoms with Crippen molar-refractivity contribution in [3.05, 3.63) is 76.5 Å². The van der Waals surface area contributed by atoms with Gasteiger partial charge in [0.15, 0.2) is 42.7 Å². The van der Waals surface area contributed by atoms with E-state index in [0.717, 1.165) is 5.56 Å². The van der Waals surface area contributed by atoms with Crippen molar-refractivity contribution in [2.45, 2.75) is 12.2 Å². The average Bonchev–Trinajstić information content (AvgIpc) is 2.93. The summed E-state index contributed by atoms with van der Waals surface area (Å²) >= 11 is 0. The minimum Gasteiger partial charge on any atom is -0.508 e. The highest BCUT2D eigenvalue weighted by Gasteiger charge is 2.33. The van der Waals surface area contributed by atoms with E-state index in [2.05, 4.69) is 0 Å². The Balaban J connectivity index is 1.51. The number of aliphatic hydroxyl groups excluding tert-OH is 1. The molecule has 4 aromatic rings. The molecule has 10 heteroatoms. The lowest BCUT2D eigenvalue weighted by Gasteiger charge is -2.33. The van der Waals surface area contributed by atoms with Gasteiger partial charge in [-0.25, -0.2) is 0 Å². The Hall–Kier alpha value is -4.25. The summed E-state index contributed by atoms with van der Waals surface area (Å²) in [7, 11) is 2.97. The fourth-order valence-corrected chi connectivity index (χ4v) is 4.19. The Morgan fingerprint density at radius 2 is 1.63 bits per heavy atom. The molecule has 0 unspecified atom stereocenters. The van der Waals surface area contributed by atoms with E-state index < -0.39 is 12.2 Å². The summed E-state index contributed by atoms with van der Waals surface area (Å²) in [4.78, 5) is 13.1. The molecular weight excluding hydrogens is 496 g/mol. The van der Waals surface area contributed by atoms with Crippen LogP contribution in [0.25, 0.3) is 22.3 Å². The third-order valence-electron chi connectivity index (χ3n) is 5.94. The third kappa shape index (κ3) is 5.10. The minimum absolute atomic E-state index is 0.00152. The van der Waals surface area contributed by atoms with E-state index in [4.69, 9.17) is 32.8 Å². The summed E-state index contributed by atoms with van der Waals surface area (Å²) < 4.78 is 39.4. The Bertz CT molecular complexity index is 1480. The van der Waals surface area contributed by atoms with Crippen molar-refractivity contribution in [3.8, 4) is 40.1 Å². The molecule has 2 N–H and O–H groups in total. The maximum Gasteiger partial charge on any atom is 0.197 e. The van der Waals surface area contributed by atoms with Crippen molar-refractivity contribution in [1.29, 1.82) is 0 Å². The van der Waals surface area contributed by atoms with Gasteiger partial charge in [-0.3, -0.25) is 4.79 Å². The number of aromatic hydroxyl groups is 1. The van der Waals surface area contributed by atoms with Gasteiger partial charge in [-0.05, 0) is 35.9 Å². The first-order valence-electron chi connectivity index (χ1n) is 11.7. The number of phenols is 1. The minimum atomic E-state index is -0.688. The molecule has 1 aliphatic rings. The van der Waals surface area contributed by atoms with Crippen LogP contribution in [0.2, 0.25) is 0 Å². The molecule has 38 heavy (non-hydrogen) atoms. The predicted molar refractivity (Wildman–Crippen MR) is 136 cm³/mol. The van der Waals surface area contributed by atoms with Gasteiger partial charge in [-0.1, -0.05) is 12.1 Å². The Kier molecular flexibility index (Phi) is 7.36. The zero-order chi connectivity index (χ0) is 26.6. The number of aliphatic hydroxyl groups is 1. The summed E-state index contributed by atoms with van der Waals surface area (Å²) in [6, 6.07) is 16.2. The highest BCUT2D eigenvalue weighted by molar-refractivity contribution is 5.86. The highest BCUT2D eigenvalue weighted by atomic mass is 16.7. The molecule has 0 radical (unpaired) electrons. The maximum absolute atomic E-state index is 13.1. The zero-order valence-corrected chi connectivity index (χ0v) is 20.7. The molecule has 0 spiro atoms. The topological polar surface area (TPSA) is 126 Å². The fourth-order valence-electron chi connectivity index (χ4n) is 4.19. The van der Waals surface area contributed by atoms with Crippen LogP contribution in [-0.2, 0) is 9.47 Å². The second-order valence-electron chi connectivity index (χ2n) is 8.50. The fraction of sp³-hybridized carbons (Fsp3) is 0.250. The first-order valence-corrected chi connectivity index (χ1v) is 11.7. The van der Waals surface area contributed by atoms with Gasteiger partial charge in [-0.15, -0.1) is 0 Å². The number of rotatable bonds is 9. The van der Waals surface area contributed by atoms with E-state index >= 15 is 0 Å². The van der Waals surface area contributed by atoms with Gasteiger partial charge < -0.3 is 43.1 Å². The van der Waals surface area contributed by atoms with Crippen LogP contribution in [0, 0.1) is 0 Å². The van der Waals surface area contributed by atoms with Crippen molar-refractivity contribution in [3.63, 3.8) is 0 Å². The van der Waals surface area contributed by atoms with E-state index in [1.807, 2.05) is 0 Å². The predicted octanol–water partition coefficient (Wildman–Crippen LogP) is 4.00. The van der Waals surface area contributed by atoms with Crippen LogP contribution in [0.3, 0.4) is 0 Å². The zero-order valence-electron chi connectivity index (χ0n) is 20.7. The average molecular weight is 523 g/mol. The van der Waals surface area contributed by atoms with E-state index in [1.165, 1.54) is 20.3 Å². The number of phenolic OH excluding ortho intramolecular Hbond substituents is 1. The largest absolute Gasteiger partial charge is 0.508 e. The Morgan fingerprint density at radius 1 is 0.868 bits per heavy atom. The molecule has 0 amide bonds. The lowest BCUT2D eigenvalue weighted by Crippen LogP contribution is -2.36. The molecule has 3 aromatic carbocycles. The van der Waals surface area contributed by atoms with Crippen molar-refractivity contribution < 1.29 is 43.1 Å². The first kappa shape index (κ1) is 25.4. The summed E-state index contributed by atoms with van der Waals surface area (Å²) in [5, 5.41) is 19.8. The molecule has 0 aliphatic carbocycles. The van der Waals surface area contributed by atoms with Gasteiger partial charge in [0.05, 0.1) is 6.61 Å². The highest BCUT2D eigenvalue weighted by Crippen LogP contribution is 2.42. The van der Waals surface area contributed by atoms with Crippen molar-refractivity contribution >= 4 is 11.0 Å². The summed E-state index contributed by atoms with van der Waals surface area (Å²) in [6.45, 7) is -0.364. The number of benzene rings is 3. The first-order chi connectivity index (χ1) is 18.5. The molecule has 0 fully saturated rings. The van der Waals surface area contributed by atoms with E-state index in [-0.39, 0.29) is 53.9 Å². The van der Waals surface area contributed by atoms with Crippen LogP contribution in [-0.4, -0.2) is 50.7 Å². The van der Waals surface area contributed by atoms with Crippen LogP contribution < -0.4 is 24.4 Å². The molecule has 0 saturated carbocycles. The van der Waals surface area contributed by atoms with Gasteiger partial charge >= 0.3 is 0 Å². The van der Waals surface area contributed by atoms with Gasteiger partial charge in [0.25, 0.3) is 0 Å². The molecular formula is C28H26O10. The number of fused-ring (bicyclic) bond motifs is 2. The van der Waals surface area contributed by atoms with Crippen molar-refractivity contribution in [1.82, 2.24) is 0 Å². The second-order valence-corrected chi connectivity index (χ2v) is 8.50. The Morgan fingerprint density at radius 3 is 2.37 bits per heavy atom. The summed E-state index contributed by atoms with van der Waals surface area (Å²) in [5.74, 6) is 1.91. The van der Waals surface area contributed by atoms with Gasteiger partial charge in [0.2, 0.25) is 0 Å². The number of methoxy groups -OCH3 is 2. The van der Waals surface area contributed by atoms with Gasteiger partial charge in [-0.2, -0.15) is 0 Å². The molecule has 10 nitrogen and oxygen atoms in total. The summed E-state index contributed by atoms with van der Waals surface area (Å²) in [5.41, 5.74) is 1.24. The van der Waals surface area contributed by atoms with Crippen LogP contribution in [0.5, 0.6) is 28.7 Å². The van der Waals surface area contributed by atoms with Crippen LogP contribution in [0.15, 0.2) is 69.9 Å². The quantitative estimate of drug-likeness (QED) is 0.312. The van der Waals surface area contributed by atoms with Crippen LogP contribution in [0.1, 0.15) is 11.7 Å². The molecule has 1 aromatic heterocycles. The standard InChI is InChI=1S/C28H26O10/c1-32-14-34-19-10-24(35-15-33-2)27-20(31)12-22(36-25(27)11-19)17-5-8-21-23(9-17)37-26(13-29)28(38-21)16-3-6-18(30)7-4-16/h3-12,26,28-30H,13-15H2,1-2H3/t26-,28-/m0/s1. The SMILES string of the molecule is COCOc1cc(OCOC)c2c(=O)cc(-c3ccc4c(c3)O[C@@H](CO)[C@H](c3ccc(O)cc3)O4)oc2c1. The van der Waals surface area contributed by atoms with E-state index in [1.54, 1.807) is 54.6 Å². The molecule has 0 bridgehead atoms. The number of hydrogen-bond acceptors (Lipinski definition) is 10. The number of hydrogen-bond donors (Lipinski definition) is 2. The Labute approximate surface area is 217 Å². The van der Waals surface area contributed by atoms with Crippen molar-refractivity contribution in [2.75, 3.05) is 34.4 Å². The van der Waals surface area contributed by atoms with E-state index in [9.17, 15) is 15.0 Å². The molecule has 0 saturated heterocycles. The molecule has 2 heterocycles. The lowest BCUT2D eigenvalue weighted by molar-refractivity contribution is -0.0122. The third-order valence-corrected chi connectivity index (χ3v) is 5.94. The smallest absolute Gasteiger partial charge is 0.197 e. The lowest BCUT2D eigenvalue weighted by atomic mass is 10.0. The van der Waals surface area contributed by atoms with Gasteiger partial charge in [0.1, 0.15) is 34.0 Å². The van der Waals surface area contributed by atoms with Crippen molar-refractivity contribution in [2.24, 2.45) is 0 Å². The van der Waals surface area contributed by atoms with Crippen LogP contribution >= 0.6 is 0 Å².